The minimum Gasteiger partial charge on any atom is -0.468 e. The molecule has 0 heterocycles. The summed E-state index contributed by atoms with van der Waals surface area (Å²) >= 11 is 0. The first-order chi connectivity index (χ1) is 7.54. The third-order valence-electron chi connectivity index (χ3n) is 2.40. The fraction of sp³-hybridized carbons (Fsp3) is 0.417. The Morgan fingerprint density at radius 2 is 2.12 bits per heavy atom. The van der Waals surface area contributed by atoms with Gasteiger partial charge in [0.1, 0.15) is 11.9 Å². The van der Waals surface area contributed by atoms with Crippen LogP contribution in [0, 0.1) is 5.82 Å². The molecule has 0 spiro atoms. The highest BCUT2D eigenvalue weighted by molar-refractivity contribution is 5.75. The lowest BCUT2D eigenvalue weighted by atomic mass is 10.1. The van der Waals surface area contributed by atoms with E-state index in [4.69, 9.17) is 0 Å². The van der Waals surface area contributed by atoms with Gasteiger partial charge < -0.3 is 4.74 Å². The second kappa shape index (κ2) is 5.61. The standard InChI is InChI=1S/C12H16FNO2/c1-8(14-9(2)12(15)16-3)10-5-4-6-11(13)7-10/h4-9,14H,1-3H3/t8-,9?/m1/s1. The summed E-state index contributed by atoms with van der Waals surface area (Å²) in [6.07, 6.45) is 0. The van der Waals surface area contributed by atoms with Gasteiger partial charge in [-0.05, 0) is 31.5 Å². The lowest BCUT2D eigenvalue weighted by Crippen LogP contribution is -2.36. The molecule has 3 nitrogen and oxygen atoms in total. The Kier molecular flexibility index (Phi) is 4.43. The van der Waals surface area contributed by atoms with Crippen molar-refractivity contribution in [3.05, 3.63) is 35.6 Å². The Bertz CT molecular complexity index is 368. The quantitative estimate of drug-likeness (QED) is 0.797. The zero-order valence-corrected chi connectivity index (χ0v) is 9.66. The van der Waals surface area contributed by atoms with Crippen molar-refractivity contribution in [2.45, 2.75) is 25.9 Å². The summed E-state index contributed by atoms with van der Waals surface area (Å²) in [5.74, 6) is -0.611. The number of esters is 1. The van der Waals surface area contributed by atoms with Crippen LogP contribution in [0.15, 0.2) is 24.3 Å². The molecule has 0 saturated heterocycles. The van der Waals surface area contributed by atoms with Gasteiger partial charge in [0.15, 0.2) is 0 Å². The summed E-state index contributed by atoms with van der Waals surface area (Å²) < 4.78 is 17.6. The molecule has 0 aliphatic rings. The Morgan fingerprint density at radius 3 is 2.69 bits per heavy atom. The molecule has 0 amide bonds. The van der Waals surface area contributed by atoms with E-state index in [1.165, 1.54) is 19.2 Å². The van der Waals surface area contributed by atoms with Crippen molar-refractivity contribution in [3.8, 4) is 0 Å². The number of halogens is 1. The van der Waals surface area contributed by atoms with E-state index in [0.29, 0.717) is 0 Å². The number of hydrogen-bond acceptors (Lipinski definition) is 3. The third-order valence-corrected chi connectivity index (χ3v) is 2.40. The summed E-state index contributed by atoms with van der Waals surface area (Å²) in [5.41, 5.74) is 0.802. The molecule has 0 aromatic heterocycles. The monoisotopic (exact) mass is 225 g/mol. The first kappa shape index (κ1) is 12.6. The number of benzene rings is 1. The maximum absolute atomic E-state index is 13.0. The van der Waals surface area contributed by atoms with Crippen LogP contribution in [0.3, 0.4) is 0 Å². The van der Waals surface area contributed by atoms with Crippen LogP contribution in [-0.2, 0) is 9.53 Å². The van der Waals surface area contributed by atoms with E-state index >= 15 is 0 Å². The lowest BCUT2D eigenvalue weighted by molar-refractivity contribution is -0.142. The van der Waals surface area contributed by atoms with Gasteiger partial charge in [0, 0.05) is 6.04 Å². The van der Waals surface area contributed by atoms with E-state index in [1.54, 1.807) is 13.0 Å². The zero-order valence-electron chi connectivity index (χ0n) is 9.66. The molecular weight excluding hydrogens is 209 g/mol. The van der Waals surface area contributed by atoms with E-state index in [9.17, 15) is 9.18 Å². The highest BCUT2D eigenvalue weighted by Gasteiger charge is 2.16. The van der Waals surface area contributed by atoms with Crippen molar-refractivity contribution in [3.63, 3.8) is 0 Å². The van der Waals surface area contributed by atoms with E-state index < -0.39 is 6.04 Å². The Balaban J connectivity index is 2.65. The van der Waals surface area contributed by atoms with Gasteiger partial charge in [-0.1, -0.05) is 12.1 Å². The second-order valence-electron chi connectivity index (χ2n) is 3.69. The molecular formula is C12H16FNO2. The minimum atomic E-state index is -0.414. The van der Waals surface area contributed by atoms with Gasteiger partial charge in [-0.2, -0.15) is 0 Å². The molecule has 1 N–H and O–H groups in total. The highest BCUT2D eigenvalue weighted by atomic mass is 19.1. The molecule has 0 radical (unpaired) electrons. The van der Waals surface area contributed by atoms with Crippen LogP contribution in [-0.4, -0.2) is 19.1 Å². The summed E-state index contributed by atoms with van der Waals surface area (Å²) in [4.78, 5) is 11.2. The Hall–Kier alpha value is -1.42. The number of nitrogens with one attached hydrogen (secondary N) is 1. The van der Waals surface area contributed by atoms with Crippen LogP contribution in [0.5, 0.6) is 0 Å². The molecule has 0 bridgehead atoms. The molecule has 1 aromatic rings. The lowest BCUT2D eigenvalue weighted by Gasteiger charge is -2.18. The predicted octanol–water partition coefficient (Wildman–Crippen LogP) is 2.04. The second-order valence-corrected chi connectivity index (χ2v) is 3.69. The summed E-state index contributed by atoms with van der Waals surface area (Å²) in [7, 11) is 1.34. The number of carbonyl (C=O) groups excluding carboxylic acids is 1. The molecule has 1 unspecified atom stereocenters. The van der Waals surface area contributed by atoms with E-state index in [1.807, 2.05) is 13.0 Å². The normalized spacial score (nSPS) is 14.2. The van der Waals surface area contributed by atoms with E-state index in [-0.39, 0.29) is 17.8 Å². The fourth-order valence-corrected chi connectivity index (χ4v) is 1.49. The Labute approximate surface area is 94.6 Å². The van der Waals surface area contributed by atoms with Gasteiger partial charge >= 0.3 is 5.97 Å². The first-order valence-corrected chi connectivity index (χ1v) is 5.14. The van der Waals surface area contributed by atoms with Crippen LogP contribution >= 0.6 is 0 Å². The molecule has 1 rings (SSSR count). The molecule has 1 aromatic carbocycles. The predicted molar refractivity (Wildman–Crippen MR) is 59.4 cm³/mol. The average Bonchev–Trinajstić information content (AvgIpc) is 2.27. The van der Waals surface area contributed by atoms with Crippen molar-refractivity contribution in [2.24, 2.45) is 0 Å². The molecule has 0 fully saturated rings. The number of carbonyl (C=O) groups is 1. The van der Waals surface area contributed by atoms with E-state index in [0.717, 1.165) is 5.56 Å². The van der Waals surface area contributed by atoms with Crippen LogP contribution in [0.25, 0.3) is 0 Å². The maximum atomic E-state index is 13.0. The zero-order chi connectivity index (χ0) is 12.1. The molecule has 4 heteroatoms. The fourth-order valence-electron chi connectivity index (χ4n) is 1.49. The Morgan fingerprint density at radius 1 is 1.44 bits per heavy atom. The molecule has 2 atom stereocenters. The summed E-state index contributed by atoms with van der Waals surface area (Å²) in [6, 6.07) is 5.77. The van der Waals surface area contributed by atoms with Crippen LogP contribution in [0.4, 0.5) is 4.39 Å². The van der Waals surface area contributed by atoms with Gasteiger partial charge in [0.05, 0.1) is 7.11 Å². The molecule has 0 saturated carbocycles. The number of methoxy groups -OCH3 is 1. The van der Waals surface area contributed by atoms with Crippen LogP contribution in [0.2, 0.25) is 0 Å². The van der Waals surface area contributed by atoms with Gasteiger partial charge in [0.2, 0.25) is 0 Å². The average molecular weight is 225 g/mol. The summed E-state index contributed by atoms with van der Waals surface area (Å²) in [6.45, 7) is 3.58. The molecule has 0 aliphatic carbocycles. The number of rotatable bonds is 4. The molecule has 0 aliphatic heterocycles. The van der Waals surface area contributed by atoms with Crippen molar-refractivity contribution in [2.75, 3.05) is 7.11 Å². The van der Waals surface area contributed by atoms with Crippen molar-refractivity contribution in [1.82, 2.24) is 5.32 Å². The molecule has 88 valence electrons. The van der Waals surface area contributed by atoms with Crippen molar-refractivity contribution >= 4 is 5.97 Å². The van der Waals surface area contributed by atoms with Crippen LogP contribution < -0.4 is 5.32 Å². The topological polar surface area (TPSA) is 38.3 Å². The maximum Gasteiger partial charge on any atom is 0.322 e. The van der Waals surface area contributed by atoms with Crippen LogP contribution in [0.1, 0.15) is 25.5 Å². The summed E-state index contributed by atoms with van der Waals surface area (Å²) in [5, 5.41) is 3.03. The smallest absolute Gasteiger partial charge is 0.322 e. The number of hydrogen-bond donors (Lipinski definition) is 1. The van der Waals surface area contributed by atoms with E-state index in [2.05, 4.69) is 10.1 Å². The van der Waals surface area contributed by atoms with Gasteiger partial charge in [-0.15, -0.1) is 0 Å². The van der Waals surface area contributed by atoms with Gasteiger partial charge in [-0.3, -0.25) is 10.1 Å². The van der Waals surface area contributed by atoms with Gasteiger partial charge in [0.25, 0.3) is 0 Å². The van der Waals surface area contributed by atoms with Gasteiger partial charge in [-0.25, -0.2) is 4.39 Å². The van der Waals surface area contributed by atoms with Crippen molar-refractivity contribution in [1.29, 1.82) is 0 Å². The minimum absolute atomic E-state index is 0.107. The van der Waals surface area contributed by atoms with Crippen molar-refractivity contribution < 1.29 is 13.9 Å². The SMILES string of the molecule is COC(=O)C(C)N[C@H](C)c1cccc(F)c1. The first-order valence-electron chi connectivity index (χ1n) is 5.14. The third kappa shape index (κ3) is 3.31. The highest BCUT2D eigenvalue weighted by Crippen LogP contribution is 2.14. The number of ether oxygens (including phenoxy) is 1. The molecule has 16 heavy (non-hydrogen) atoms. The largest absolute Gasteiger partial charge is 0.468 e.